The molecule has 0 spiro atoms. The highest BCUT2D eigenvalue weighted by molar-refractivity contribution is 7.61. The van der Waals surface area contributed by atoms with Gasteiger partial charge in [0.25, 0.3) is 0 Å². The van der Waals surface area contributed by atoms with Gasteiger partial charge >= 0.3 is 33.3 Å². The van der Waals surface area contributed by atoms with E-state index in [0.29, 0.717) is 19.3 Å². The van der Waals surface area contributed by atoms with E-state index in [4.69, 9.17) is 29.0 Å². The molecule has 0 bridgehead atoms. The van der Waals surface area contributed by atoms with Crippen molar-refractivity contribution in [1.82, 2.24) is 9.55 Å². The summed E-state index contributed by atoms with van der Waals surface area (Å²) >= 11 is 0. The number of aliphatic hydroxyl groups is 3. The van der Waals surface area contributed by atoms with Crippen LogP contribution in [0.25, 0.3) is 0 Å². The first-order valence-corrected chi connectivity index (χ1v) is 28.1. The Balaban J connectivity index is 1.83. The van der Waals surface area contributed by atoms with Crippen LogP contribution in [-0.2, 0) is 46.3 Å². The molecule has 2 unspecified atom stereocenters. The number of hydrogen-bond acceptors (Lipinski definition) is 16. The highest BCUT2D eigenvalue weighted by Gasteiger charge is 2.46. The summed E-state index contributed by atoms with van der Waals surface area (Å²) in [7, 11) is -10.9. The van der Waals surface area contributed by atoms with Gasteiger partial charge in [0, 0.05) is 19.0 Å². The van der Waals surface area contributed by atoms with Gasteiger partial charge < -0.3 is 45.1 Å². The van der Waals surface area contributed by atoms with E-state index in [1.165, 1.54) is 51.0 Å². The van der Waals surface area contributed by atoms with E-state index < -0.39 is 83.7 Å². The summed E-state index contributed by atoms with van der Waals surface area (Å²) in [6.07, 6.45) is 28.3. The Morgan fingerprint density at radius 2 is 1.34 bits per heavy atom. The molecule has 0 radical (unpaired) electrons. The molecule has 1 fully saturated rings. The fourth-order valence-electron chi connectivity index (χ4n) is 7.21. The zero-order valence-electron chi connectivity index (χ0n) is 41.6. The van der Waals surface area contributed by atoms with Crippen LogP contribution in [0.3, 0.4) is 0 Å². The normalized spacial score (nSPS) is 20.2. The minimum atomic E-state index is -5.44. The zero-order chi connectivity index (χ0) is 51.6. The minimum Gasteiger partial charge on any atom is -0.462 e. The third-order valence-electron chi connectivity index (χ3n) is 11.2. The standard InChI is InChI=1S/C49H83N3O16P2/c1-4-5-30-40(53)31-26-22-18-14-10-6-7-11-15-19-23-27-32-44(54)63-36-41(66-45(55)33-28-24-20-16-12-8-9-13-17-21-25-29-39(2)3)37-64-69(59,60)68-70(61,62)65-38-42-46(56)47(57)48(67-42)52-35-34-43(50)51-49(52)58/h6-7,14-15,18-19,26,31,34-35,39-42,46-48,53,56-57H,4-5,8-13,16-17,20-25,27-30,32-33,36-38H2,1-3H3,(H,59,60)(H,61,62)(H2,50,51,58)/b7-6-,18-14-,19-15-,31-26-/t40-,41+,42+,46+,47+,48+/m0/s1. The Hall–Kier alpha value is -3.32. The Labute approximate surface area is 414 Å². The van der Waals surface area contributed by atoms with Crippen LogP contribution in [0.1, 0.15) is 168 Å². The van der Waals surface area contributed by atoms with Crippen LogP contribution in [-0.4, -0.2) is 96.9 Å². The first-order chi connectivity index (χ1) is 33.4. The maximum Gasteiger partial charge on any atom is 0.481 e. The van der Waals surface area contributed by atoms with Crippen molar-refractivity contribution in [1.29, 1.82) is 0 Å². The lowest BCUT2D eigenvalue weighted by Gasteiger charge is -2.21. The number of phosphoric ester groups is 2. The minimum absolute atomic E-state index is 0.0305. The Bertz CT molecular complexity index is 1890. The first kappa shape index (κ1) is 62.8. The molecule has 8 atom stereocenters. The van der Waals surface area contributed by atoms with E-state index in [0.717, 1.165) is 80.9 Å². The third kappa shape index (κ3) is 29.9. The molecule has 2 rings (SSSR count). The maximum atomic E-state index is 12.8. The number of anilines is 1. The summed E-state index contributed by atoms with van der Waals surface area (Å²) in [5, 5.41) is 30.7. The first-order valence-electron chi connectivity index (χ1n) is 25.1. The predicted octanol–water partition coefficient (Wildman–Crippen LogP) is 8.99. The third-order valence-corrected chi connectivity index (χ3v) is 13.8. The average molecular weight is 1030 g/mol. The van der Waals surface area contributed by atoms with Gasteiger partial charge in [-0.2, -0.15) is 9.29 Å². The van der Waals surface area contributed by atoms with Crippen LogP contribution in [0.2, 0.25) is 0 Å². The fraction of sp³-hybridized carbons (Fsp3) is 0.714. The van der Waals surface area contributed by atoms with Crippen LogP contribution in [0.4, 0.5) is 5.82 Å². The molecule has 0 aromatic carbocycles. The number of hydrogen-bond donors (Lipinski definition) is 6. The van der Waals surface area contributed by atoms with Gasteiger partial charge in [0.2, 0.25) is 0 Å². The second-order valence-electron chi connectivity index (χ2n) is 18.0. The fourth-order valence-corrected chi connectivity index (χ4v) is 9.32. The summed E-state index contributed by atoms with van der Waals surface area (Å²) in [4.78, 5) is 61.8. The number of aliphatic hydroxyl groups excluding tert-OH is 3. The highest BCUT2D eigenvalue weighted by atomic mass is 31.3. The van der Waals surface area contributed by atoms with Gasteiger partial charge in [-0.15, -0.1) is 0 Å². The Morgan fingerprint density at radius 1 is 0.771 bits per heavy atom. The molecule has 1 saturated heterocycles. The molecule has 21 heteroatoms. The predicted molar refractivity (Wildman–Crippen MR) is 267 cm³/mol. The lowest BCUT2D eigenvalue weighted by atomic mass is 10.0. The lowest BCUT2D eigenvalue weighted by Crippen LogP contribution is -2.36. The number of carbonyl (C=O) groups is 2. The van der Waals surface area contributed by atoms with Gasteiger partial charge in [0.05, 0.1) is 19.3 Å². The number of rotatable bonds is 40. The molecule has 1 aliphatic heterocycles. The molecule has 0 saturated carbocycles. The van der Waals surface area contributed by atoms with Gasteiger partial charge in [-0.25, -0.2) is 13.9 Å². The monoisotopic (exact) mass is 1030 g/mol. The molecular formula is C49H83N3O16P2. The van der Waals surface area contributed by atoms with Crippen LogP contribution in [0.5, 0.6) is 0 Å². The summed E-state index contributed by atoms with van der Waals surface area (Å²) in [6, 6.07) is 1.24. The van der Waals surface area contributed by atoms with E-state index in [9.17, 15) is 48.6 Å². The largest absolute Gasteiger partial charge is 0.481 e. The van der Waals surface area contributed by atoms with Gasteiger partial charge in [-0.05, 0) is 56.9 Å². The molecular weight excluding hydrogens is 948 g/mol. The lowest BCUT2D eigenvalue weighted by molar-refractivity contribution is -0.161. The van der Waals surface area contributed by atoms with Crippen molar-refractivity contribution < 1.29 is 71.4 Å². The number of nitrogens with two attached hydrogens (primary N) is 1. The van der Waals surface area contributed by atoms with Crippen LogP contribution in [0.15, 0.2) is 65.7 Å². The smallest absolute Gasteiger partial charge is 0.462 e. The van der Waals surface area contributed by atoms with Crippen LogP contribution < -0.4 is 11.4 Å². The van der Waals surface area contributed by atoms with Gasteiger partial charge in [0.15, 0.2) is 12.3 Å². The van der Waals surface area contributed by atoms with Gasteiger partial charge in [0.1, 0.15) is 30.7 Å². The van der Waals surface area contributed by atoms with E-state index in [1.54, 1.807) is 0 Å². The van der Waals surface area contributed by atoms with E-state index in [1.807, 2.05) is 30.4 Å². The van der Waals surface area contributed by atoms with Crippen molar-refractivity contribution in [3.63, 3.8) is 0 Å². The summed E-state index contributed by atoms with van der Waals surface area (Å²) in [5.41, 5.74) is 4.58. The summed E-state index contributed by atoms with van der Waals surface area (Å²) < 4.78 is 56.7. The number of unbranched alkanes of at least 4 members (excludes halogenated alkanes) is 12. The number of nitrogens with zero attached hydrogens (tertiary/aromatic N) is 2. The summed E-state index contributed by atoms with van der Waals surface area (Å²) in [5.74, 6) is -0.635. The SMILES string of the molecule is CCCC[C@H](O)/C=C\C/C=C\C/C=C\C/C=C\CCCC(=O)OC[C@H](COP(=O)(O)OP(=O)(O)OC[C@H]1O[C@@H](n2ccc(N)nc2=O)[C@H](O)[C@@H]1O)OC(=O)CCCCCCCCCCCCCC(C)C. The number of nitrogen functional groups attached to an aromatic ring is 1. The molecule has 0 amide bonds. The second kappa shape index (κ2) is 36.6. The number of aromatic nitrogens is 2. The molecule has 19 nitrogen and oxygen atoms in total. The van der Waals surface area contributed by atoms with E-state index in [2.05, 4.69) is 48.3 Å². The number of phosphoric acid groups is 2. The summed E-state index contributed by atoms with van der Waals surface area (Å²) in [6.45, 7) is 4.22. The molecule has 400 valence electrons. The molecule has 2 heterocycles. The molecule has 7 N–H and O–H groups in total. The molecule has 1 aromatic heterocycles. The molecule has 1 aromatic rings. The molecule has 1 aliphatic rings. The van der Waals surface area contributed by atoms with Crippen molar-refractivity contribution >= 4 is 33.4 Å². The van der Waals surface area contributed by atoms with Crippen molar-refractivity contribution in [2.75, 3.05) is 25.6 Å². The number of esters is 2. The van der Waals surface area contributed by atoms with Gasteiger partial charge in [-0.1, -0.05) is 153 Å². The topological polar surface area (TPSA) is 286 Å². The average Bonchev–Trinajstić information content (AvgIpc) is 3.58. The maximum absolute atomic E-state index is 12.8. The van der Waals surface area contributed by atoms with Gasteiger partial charge in [-0.3, -0.25) is 23.2 Å². The van der Waals surface area contributed by atoms with Crippen molar-refractivity contribution in [3.05, 3.63) is 71.4 Å². The van der Waals surface area contributed by atoms with Crippen molar-refractivity contribution in [3.8, 4) is 0 Å². The number of allylic oxidation sites excluding steroid dienone is 7. The Kier molecular flexibility index (Phi) is 32.8. The number of ether oxygens (including phenoxy) is 3. The Morgan fingerprint density at radius 3 is 1.96 bits per heavy atom. The van der Waals surface area contributed by atoms with Crippen LogP contribution >= 0.6 is 15.6 Å². The zero-order valence-corrected chi connectivity index (χ0v) is 43.4. The van der Waals surface area contributed by atoms with Crippen molar-refractivity contribution in [2.24, 2.45) is 5.92 Å². The quantitative estimate of drug-likeness (QED) is 0.0155. The number of carbonyl (C=O) groups excluding carboxylic acids is 2. The van der Waals surface area contributed by atoms with Crippen LogP contribution in [0, 0.1) is 5.92 Å². The van der Waals surface area contributed by atoms with E-state index in [-0.39, 0.29) is 24.8 Å². The van der Waals surface area contributed by atoms with Crippen molar-refractivity contribution in [2.45, 2.75) is 199 Å². The highest BCUT2D eigenvalue weighted by Crippen LogP contribution is 2.60. The second-order valence-corrected chi connectivity index (χ2v) is 21.0. The van der Waals surface area contributed by atoms with E-state index >= 15 is 0 Å². The molecule has 0 aliphatic carbocycles. The molecule has 70 heavy (non-hydrogen) atoms.